The van der Waals surface area contributed by atoms with Crippen LogP contribution in [0.5, 0.6) is 0 Å². The maximum absolute atomic E-state index is 11.6. The Hall–Kier alpha value is -0.950. The summed E-state index contributed by atoms with van der Waals surface area (Å²) in [5, 5.41) is 31.5. The van der Waals surface area contributed by atoms with Gasteiger partial charge in [0.05, 0.1) is 30.5 Å². The summed E-state index contributed by atoms with van der Waals surface area (Å²) in [7, 11) is 0. The van der Waals surface area contributed by atoms with Gasteiger partial charge in [-0.05, 0) is 64.4 Å². The number of carbonyl (C=O) groups excluding carboxylic acids is 1. The third-order valence-electron chi connectivity index (χ3n) is 9.06. The van der Waals surface area contributed by atoms with Crippen LogP contribution in [0.1, 0.15) is 168 Å². The van der Waals surface area contributed by atoms with E-state index in [0.717, 1.165) is 102 Å². The van der Waals surface area contributed by atoms with Gasteiger partial charge in [0.15, 0.2) is 0 Å². The van der Waals surface area contributed by atoms with Gasteiger partial charge in [0, 0.05) is 5.57 Å². The van der Waals surface area contributed by atoms with Crippen molar-refractivity contribution in [1.82, 2.24) is 0 Å². The summed E-state index contributed by atoms with van der Waals surface area (Å²) in [5.74, 6) is -0.158. The summed E-state index contributed by atoms with van der Waals surface area (Å²) in [6.45, 7) is 4.15. The monoisotopic (exact) mass is 580 g/mol. The van der Waals surface area contributed by atoms with Crippen LogP contribution in [-0.4, -0.2) is 57.9 Å². The molecule has 0 aliphatic carbocycles. The van der Waals surface area contributed by atoms with Crippen LogP contribution in [-0.2, 0) is 14.3 Å². The van der Waals surface area contributed by atoms with E-state index in [2.05, 4.69) is 6.92 Å². The fourth-order valence-electron chi connectivity index (χ4n) is 6.39. The molecule has 2 heterocycles. The Morgan fingerprint density at radius 1 is 0.683 bits per heavy atom. The van der Waals surface area contributed by atoms with Gasteiger partial charge in [-0.2, -0.15) is 0 Å². The molecule has 6 heteroatoms. The summed E-state index contributed by atoms with van der Waals surface area (Å²) < 4.78 is 11.2. The minimum atomic E-state index is -0.459. The summed E-state index contributed by atoms with van der Waals surface area (Å²) in [4.78, 5) is 11.6. The van der Waals surface area contributed by atoms with Crippen LogP contribution in [0, 0.1) is 0 Å². The Morgan fingerprint density at radius 2 is 1.12 bits per heavy atom. The molecule has 0 aromatic heterocycles. The van der Waals surface area contributed by atoms with E-state index in [0.29, 0.717) is 0 Å². The molecule has 6 atom stereocenters. The van der Waals surface area contributed by atoms with Gasteiger partial charge in [-0.1, -0.05) is 110 Å². The average molecular weight is 581 g/mol. The number of hydrogen-bond donors (Lipinski definition) is 3. The highest BCUT2D eigenvalue weighted by atomic mass is 16.5. The molecule has 0 aromatic carbocycles. The van der Waals surface area contributed by atoms with Crippen molar-refractivity contribution in [3.63, 3.8) is 0 Å². The Bertz CT molecular complexity index is 694. The van der Waals surface area contributed by atoms with Crippen LogP contribution in [0.4, 0.5) is 0 Å². The molecule has 41 heavy (non-hydrogen) atoms. The van der Waals surface area contributed by atoms with Crippen LogP contribution in [0.2, 0.25) is 0 Å². The van der Waals surface area contributed by atoms with Crippen molar-refractivity contribution in [2.45, 2.75) is 205 Å². The molecule has 1 fully saturated rings. The lowest BCUT2D eigenvalue weighted by molar-refractivity contribution is -0.139. The standard InChI is InChI=1S/C35H64O6/c1-3-4-5-6-7-8-9-10-11-18-23-31(37)33-25-26-34(41-33)32(38)24-19-14-17-22-30(36)21-16-13-12-15-20-29-27-28(2)40-35(29)39/h27-28,30-34,36-38H,3-26H2,1-2H3/t28?,30?,31-,32+,33-,34+/m1/s1. The van der Waals surface area contributed by atoms with E-state index in [1.54, 1.807) is 0 Å². The molecule has 2 rings (SSSR count). The summed E-state index contributed by atoms with van der Waals surface area (Å²) in [6.07, 6.45) is 26.2. The highest BCUT2D eigenvalue weighted by Crippen LogP contribution is 2.28. The fraction of sp³-hybridized carbons (Fsp3) is 0.914. The van der Waals surface area contributed by atoms with Gasteiger partial charge in [-0.15, -0.1) is 0 Å². The molecule has 3 N–H and O–H groups in total. The molecule has 0 spiro atoms. The Kier molecular flexibility index (Phi) is 20.0. The third kappa shape index (κ3) is 16.5. The van der Waals surface area contributed by atoms with Gasteiger partial charge in [-0.25, -0.2) is 4.79 Å². The molecular weight excluding hydrogens is 516 g/mol. The van der Waals surface area contributed by atoms with Crippen LogP contribution >= 0.6 is 0 Å². The van der Waals surface area contributed by atoms with Crippen molar-refractivity contribution in [2.75, 3.05) is 0 Å². The number of ether oxygens (including phenoxy) is 2. The van der Waals surface area contributed by atoms with Gasteiger partial charge in [0.1, 0.15) is 6.10 Å². The molecule has 2 aliphatic rings. The molecular formula is C35H64O6. The molecule has 1 saturated heterocycles. The molecule has 0 bridgehead atoms. The first-order chi connectivity index (χ1) is 19.9. The Labute approximate surface area is 251 Å². The minimum Gasteiger partial charge on any atom is -0.455 e. The maximum atomic E-state index is 11.6. The minimum absolute atomic E-state index is 0.0812. The average Bonchev–Trinajstić information content (AvgIpc) is 3.57. The van der Waals surface area contributed by atoms with E-state index < -0.39 is 12.2 Å². The van der Waals surface area contributed by atoms with Crippen molar-refractivity contribution >= 4 is 5.97 Å². The Morgan fingerprint density at radius 3 is 1.61 bits per heavy atom. The van der Waals surface area contributed by atoms with Crippen molar-refractivity contribution in [3.8, 4) is 0 Å². The first-order valence-electron chi connectivity index (χ1n) is 17.5. The van der Waals surface area contributed by atoms with Gasteiger partial charge in [0.25, 0.3) is 0 Å². The van der Waals surface area contributed by atoms with E-state index in [9.17, 15) is 20.1 Å². The van der Waals surface area contributed by atoms with E-state index in [-0.39, 0.29) is 30.4 Å². The topological polar surface area (TPSA) is 96.2 Å². The molecule has 0 radical (unpaired) electrons. The van der Waals surface area contributed by atoms with Crippen molar-refractivity contribution in [2.24, 2.45) is 0 Å². The number of cyclic esters (lactones) is 1. The SMILES string of the molecule is CCCCCCCCCCCC[C@@H](O)[C@H]1CC[C@@H]([C@@H](O)CCCCCC(O)CCCCCCC2=CC(C)OC2=O)O1. The number of aliphatic hydroxyl groups excluding tert-OH is 3. The predicted octanol–water partition coefficient (Wildman–Crippen LogP) is 8.09. The van der Waals surface area contributed by atoms with Crippen LogP contribution < -0.4 is 0 Å². The smallest absolute Gasteiger partial charge is 0.334 e. The fourth-order valence-corrected chi connectivity index (χ4v) is 6.39. The van der Waals surface area contributed by atoms with E-state index in [1.165, 1.54) is 57.8 Å². The first kappa shape index (κ1) is 36.2. The molecule has 2 aliphatic heterocycles. The number of aliphatic hydroxyl groups is 3. The molecule has 0 saturated carbocycles. The second-order valence-corrected chi connectivity index (χ2v) is 12.9. The van der Waals surface area contributed by atoms with Crippen molar-refractivity contribution < 1.29 is 29.6 Å². The summed E-state index contributed by atoms with van der Waals surface area (Å²) >= 11 is 0. The van der Waals surface area contributed by atoms with Gasteiger partial charge < -0.3 is 24.8 Å². The Balaban J connectivity index is 1.39. The number of esters is 1. The van der Waals surface area contributed by atoms with Gasteiger partial charge in [0.2, 0.25) is 0 Å². The van der Waals surface area contributed by atoms with Crippen LogP contribution in [0.15, 0.2) is 11.6 Å². The zero-order valence-corrected chi connectivity index (χ0v) is 26.6. The van der Waals surface area contributed by atoms with Gasteiger partial charge in [-0.3, -0.25) is 0 Å². The van der Waals surface area contributed by atoms with E-state index >= 15 is 0 Å². The van der Waals surface area contributed by atoms with E-state index in [4.69, 9.17) is 9.47 Å². The highest BCUT2D eigenvalue weighted by molar-refractivity contribution is 5.90. The number of rotatable bonds is 26. The molecule has 6 nitrogen and oxygen atoms in total. The van der Waals surface area contributed by atoms with Crippen LogP contribution in [0.3, 0.4) is 0 Å². The lowest BCUT2D eigenvalue weighted by Gasteiger charge is -2.22. The van der Waals surface area contributed by atoms with E-state index in [1.807, 2.05) is 13.0 Å². The molecule has 0 aromatic rings. The number of carbonyl (C=O) groups is 1. The van der Waals surface area contributed by atoms with Crippen LogP contribution in [0.25, 0.3) is 0 Å². The third-order valence-corrected chi connectivity index (χ3v) is 9.06. The maximum Gasteiger partial charge on any atom is 0.334 e. The largest absolute Gasteiger partial charge is 0.455 e. The lowest BCUT2D eigenvalue weighted by atomic mass is 9.99. The molecule has 2 unspecified atom stereocenters. The summed E-state index contributed by atoms with van der Waals surface area (Å²) in [6, 6.07) is 0. The quantitative estimate of drug-likeness (QED) is 0.0707. The molecule has 0 amide bonds. The molecule has 240 valence electrons. The van der Waals surface area contributed by atoms with Crippen molar-refractivity contribution in [3.05, 3.63) is 11.6 Å². The van der Waals surface area contributed by atoms with Crippen molar-refractivity contribution in [1.29, 1.82) is 0 Å². The highest BCUT2D eigenvalue weighted by Gasteiger charge is 2.34. The van der Waals surface area contributed by atoms with Gasteiger partial charge >= 0.3 is 5.97 Å². The number of hydrogen-bond acceptors (Lipinski definition) is 6. The zero-order chi connectivity index (χ0) is 29.7. The number of unbranched alkanes of at least 4 members (excludes halogenated alkanes) is 14. The second-order valence-electron chi connectivity index (χ2n) is 12.9. The predicted molar refractivity (Wildman–Crippen MR) is 167 cm³/mol. The first-order valence-corrected chi connectivity index (χ1v) is 17.5. The zero-order valence-electron chi connectivity index (χ0n) is 26.6. The lowest BCUT2D eigenvalue weighted by Crippen LogP contribution is -2.31. The summed E-state index contributed by atoms with van der Waals surface area (Å²) in [5.41, 5.74) is 0.819. The second kappa shape index (κ2) is 22.6. The normalized spacial score (nSPS) is 23.0.